The van der Waals surface area contributed by atoms with Gasteiger partial charge in [-0.15, -0.1) is 5.10 Å². The van der Waals surface area contributed by atoms with E-state index in [0.29, 0.717) is 12.3 Å². The Kier molecular flexibility index (Phi) is 2.89. The maximum absolute atomic E-state index is 5.60. The molecule has 7 nitrogen and oxygen atoms in total. The molecule has 1 aliphatic rings. The number of fused-ring (bicyclic) bond motifs is 1. The van der Waals surface area contributed by atoms with Crippen LogP contribution in [0.2, 0.25) is 0 Å². The number of halogens is 1. The monoisotopic (exact) mass is 298 g/mol. The molecule has 3 rings (SSSR count). The Morgan fingerprint density at radius 3 is 3.29 bits per heavy atom. The minimum atomic E-state index is 0.190. The summed E-state index contributed by atoms with van der Waals surface area (Å²) < 4.78 is 7.30. The van der Waals surface area contributed by atoms with Gasteiger partial charge >= 0.3 is 0 Å². The predicted molar refractivity (Wildman–Crippen MR) is 64.3 cm³/mol. The molecule has 2 aromatic heterocycles. The second-order valence-corrected chi connectivity index (χ2v) is 4.45. The highest BCUT2D eigenvalue weighted by Gasteiger charge is 2.22. The largest absolute Gasteiger partial charge is 0.374 e. The number of tetrazole rings is 1. The van der Waals surface area contributed by atoms with Gasteiger partial charge in [0.25, 0.3) is 0 Å². The molecule has 2 aromatic rings. The van der Waals surface area contributed by atoms with Crippen molar-refractivity contribution in [2.75, 3.05) is 29.9 Å². The van der Waals surface area contributed by atoms with Crippen LogP contribution in [0.5, 0.6) is 0 Å². The fourth-order valence-corrected chi connectivity index (χ4v) is 2.29. The molecule has 1 aliphatic heterocycles. The number of hydrogen-bond donors (Lipinski definition) is 0. The van der Waals surface area contributed by atoms with Crippen molar-refractivity contribution in [1.29, 1.82) is 0 Å². The van der Waals surface area contributed by atoms with Gasteiger partial charge in [-0.25, -0.2) is 0 Å². The second kappa shape index (κ2) is 4.53. The van der Waals surface area contributed by atoms with Crippen molar-refractivity contribution in [1.82, 2.24) is 25.0 Å². The lowest BCUT2D eigenvalue weighted by molar-refractivity contribution is 0.0566. The van der Waals surface area contributed by atoms with Gasteiger partial charge in [-0.05, 0) is 10.4 Å². The van der Waals surface area contributed by atoms with Gasteiger partial charge in [0.05, 0.1) is 25.1 Å². The van der Waals surface area contributed by atoms with Gasteiger partial charge in [-0.3, -0.25) is 4.98 Å². The first kappa shape index (κ1) is 10.8. The Hall–Kier alpha value is -1.28. The zero-order chi connectivity index (χ0) is 11.7. The summed E-state index contributed by atoms with van der Waals surface area (Å²) in [4.78, 5) is 6.34. The van der Waals surface area contributed by atoms with Crippen molar-refractivity contribution in [2.45, 2.75) is 6.10 Å². The van der Waals surface area contributed by atoms with Crippen molar-refractivity contribution in [3.05, 3.63) is 12.4 Å². The van der Waals surface area contributed by atoms with Crippen LogP contribution in [0.15, 0.2) is 12.4 Å². The molecule has 3 heterocycles. The highest BCUT2D eigenvalue weighted by Crippen LogP contribution is 2.17. The number of nitrogens with zero attached hydrogens (tertiary/aromatic N) is 6. The molecule has 8 heteroatoms. The lowest BCUT2D eigenvalue weighted by atomic mass is 10.3. The van der Waals surface area contributed by atoms with Crippen LogP contribution in [-0.2, 0) is 4.74 Å². The summed E-state index contributed by atoms with van der Waals surface area (Å²) in [5.74, 6) is 0.904. The Labute approximate surface area is 106 Å². The fraction of sp³-hybridized carbons (Fsp3) is 0.556. The van der Waals surface area contributed by atoms with Crippen LogP contribution < -0.4 is 4.90 Å². The number of morpholine rings is 1. The van der Waals surface area contributed by atoms with Crippen molar-refractivity contribution >= 4 is 27.4 Å². The molecule has 90 valence electrons. The molecular weight excluding hydrogens is 288 g/mol. The highest BCUT2D eigenvalue weighted by molar-refractivity contribution is 9.09. The molecule has 0 saturated carbocycles. The van der Waals surface area contributed by atoms with Gasteiger partial charge in [0, 0.05) is 18.4 Å². The molecule has 0 radical (unpaired) electrons. The maximum atomic E-state index is 5.60. The zero-order valence-electron chi connectivity index (χ0n) is 9.03. The van der Waals surface area contributed by atoms with Crippen LogP contribution in [0.25, 0.3) is 5.65 Å². The number of ether oxygens (including phenoxy) is 1. The van der Waals surface area contributed by atoms with E-state index in [9.17, 15) is 0 Å². The number of aromatic nitrogens is 5. The van der Waals surface area contributed by atoms with E-state index < -0.39 is 0 Å². The Morgan fingerprint density at radius 1 is 1.47 bits per heavy atom. The molecule has 0 N–H and O–H groups in total. The molecule has 0 aromatic carbocycles. The lowest BCUT2D eigenvalue weighted by Crippen LogP contribution is -2.44. The van der Waals surface area contributed by atoms with E-state index in [-0.39, 0.29) is 6.10 Å². The smallest absolute Gasteiger partial charge is 0.199 e. The predicted octanol–water partition coefficient (Wildman–Crippen LogP) is 0.119. The van der Waals surface area contributed by atoms with Crippen molar-refractivity contribution in [3.8, 4) is 0 Å². The Bertz CT molecular complexity index is 517. The summed E-state index contributed by atoms with van der Waals surface area (Å²) in [6.45, 7) is 2.34. The van der Waals surface area contributed by atoms with Gasteiger partial charge in [-0.1, -0.05) is 15.9 Å². The summed E-state index contributed by atoms with van der Waals surface area (Å²) in [6, 6.07) is 0. The molecule has 1 fully saturated rings. The summed E-state index contributed by atoms with van der Waals surface area (Å²) >= 11 is 3.44. The van der Waals surface area contributed by atoms with E-state index in [1.165, 1.54) is 0 Å². The highest BCUT2D eigenvalue weighted by atomic mass is 79.9. The molecule has 1 saturated heterocycles. The van der Waals surface area contributed by atoms with Gasteiger partial charge in [-0.2, -0.15) is 4.52 Å². The Balaban J connectivity index is 1.94. The topological polar surface area (TPSA) is 68.4 Å². The number of rotatable bonds is 2. The van der Waals surface area contributed by atoms with E-state index in [2.05, 4.69) is 41.3 Å². The maximum Gasteiger partial charge on any atom is 0.199 e. The van der Waals surface area contributed by atoms with E-state index in [4.69, 9.17) is 4.74 Å². The van der Waals surface area contributed by atoms with Gasteiger partial charge in [0.15, 0.2) is 11.5 Å². The average molecular weight is 299 g/mol. The Morgan fingerprint density at radius 2 is 2.41 bits per heavy atom. The molecule has 0 spiro atoms. The van der Waals surface area contributed by atoms with Gasteiger partial charge in [0.2, 0.25) is 0 Å². The van der Waals surface area contributed by atoms with Crippen molar-refractivity contribution in [3.63, 3.8) is 0 Å². The van der Waals surface area contributed by atoms with Gasteiger partial charge < -0.3 is 9.64 Å². The minimum absolute atomic E-state index is 0.190. The lowest BCUT2D eigenvalue weighted by Gasteiger charge is -2.33. The molecular formula is C9H11BrN6O. The molecule has 0 aliphatic carbocycles. The number of anilines is 1. The molecule has 17 heavy (non-hydrogen) atoms. The van der Waals surface area contributed by atoms with Crippen LogP contribution in [-0.4, -0.2) is 56.2 Å². The number of hydrogen-bond acceptors (Lipinski definition) is 6. The van der Waals surface area contributed by atoms with Crippen LogP contribution in [0.4, 0.5) is 5.82 Å². The standard InChI is InChI=1S/C9H11BrN6O/c10-3-7-6-15(1-2-17-7)9-5-11-4-8-12-13-14-16(8)9/h4-5,7H,1-3,6H2. The third-order valence-corrected chi connectivity index (χ3v) is 3.45. The third kappa shape index (κ3) is 1.98. The van der Waals surface area contributed by atoms with Crippen molar-refractivity contribution in [2.24, 2.45) is 0 Å². The normalized spacial score (nSPS) is 21.0. The summed E-state index contributed by atoms with van der Waals surface area (Å²) in [7, 11) is 0. The molecule has 0 amide bonds. The summed E-state index contributed by atoms with van der Waals surface area (Å²) in [5.41, 5.74) is 0.657. The quantitative estimate of drug-likeness (QED) is 0.734. The third-order valence-electron chi connectivity index (χ3n) is 2.73. The van der Waals surface area contributed by atoms with Crippen molar-refractivity contribution < 1.29 is 4.74 Å². The molecule has 0 bridgehead atoms. The molecule has 1 atom stereocenters. The minimum Gasteiger partial charge on any atom is -0.374 e. The molecule has 1 unspecified atom stereocenters. The van der Waals surface area contributed by atoms with E-state index in [1.807, 2.05) is 0 Å². The van der Waals surface area contributed by atoms with E-state index in [0.717, 1.165) is 24.2 Å². The fourth-order valence-electron chi connectivity index (χ4n) is 1.90. The van der Waals surface area contributed by atoms with E-state index in [1.54, 1.807) is 16.9 Å². The second-order valence-electron chi connectivity index (χ2n) is 3.81. The summed E-state index contributed by atoms with van der Waals surface area (Å²) in [5, 5.41) is 12.3. The summed E-state index contributed by atoms with van der Waals surface area (Å²) in [6.07, 6.45) is 3.61. The van der Waals surface area contributed by atoms with Crippen LogP contribution in [0, 0.1) is 0 Å². The van der Waals surface area contributed by atoms with Gasteiger partial charge in [0.1, 0.15) is 0 Å². The van der Waals surface area contributed by atoms with E-state index >= 15 is 0 Å². The van der Waals surface area contributed by atoms with Crippen LogP contribution in [0.3, 0.4) is 0 Å². The first-order valence-corrected chi connectivity index (χ1v) is 6.45. The average Bonchev–Trinajstić information content (AvgIpc) is 2.87. The SMILES string of the molecule is BrCC1CN(c2cncc3nnnn23)CCO1. The number of alkyl halides is 1. The first-order valence-electron chi connectivity index (χ1n) is 5.33. The first-order chi connectivity index (χ1) is 8.38. The van der Waals surface area contributed by atoms with Crippen LogP contribution in [0.1, 0.15) is 0 Å². The van der Waals surface area contributed by atoms with Crippen LogP contribution >= 0.6 is 15.9 Å². The zero-order valence-corrected chi connectivity index (χ0v) is 10.6.